The molecule has 0 bridgehead atoms. The number of hydrogen-bond donors (Lipinski definition) is 3. The zero-order chi connectivity index (χ0) is 11.8. The Bertz CT molecular complexity index is 582. The van der Waals surface area contributed by atoms with Gasteiger partial charge in [0.05, 0.1) is 0 Å². The maximum Gasteiger partial charge on any atom is 0.348 e. The Balaban J connectivity index is 1.70. The van der Waals surface area contributed by atoms with Crippen LogP contribution in [0.1, 0.15) is 12.8 Å². The summed E-state index contributed by atoms with van der Waals surface area (Å²) in [6, 6.07) is 2.11. The fraction of sp³-hybridized carbons (Fsp3) is 0.500. The molecule has 0 atom stereocenters. The van der Waals surface area contributed by atoms with Crippen LogP contribution in [0, 0.1) is 5.92 Å². The summed E-state index contributed by atoms with van der Waals surface area (Å²) in [6.45, 7) is 0.867. The van der Waals surface area contributed by atoms with E-state index in [4.69, 9.17) is 5.73 Å². The summed E-state index contributed by atoms with van der Waals surface area (Å²) in [6.07, 6.45) is 3.60. The van der Waals surface area contributed by atoms with E-state index in [9.17, 15) is 4.79 Å². The Labute approximate surface area is 97.0 Å². The highest BCUT2D eigenvalue weighted by Gasteiger charge is 2.25. The summed E-state index contributed by atoms with van der Waals surface area (Å²) in [5.41, 5.74) is 6.01. The van der Waals surface area contributed by atoms with Gasteiger partial charge in [0.1, 0.15) is 12.1 Å². The first kappa shape index (κ1) is 10.3. The molecular weight excluding hydrogens is 220 g/mol. The molecule has 0 saturated heterocycles. The lowest BCUT2D eigenvalue weighted by molar-refractivity contribution is 0.280. The fourth-order valence-electron chi connectivity index (χ4n) is 2.11. The molecule has 0 aromatic carbocycles. The Kier molecular flexibility index (Phi) is 2.32. The summed E-state index contributed by atoms with van der Waals surface area (Å²) in [7, 11) is 0. The second-order valence-corrected chi connectivity index (χ2v) is 4.51. The van der Waals surface area contributed by atoms with Gasteiger partial charge in [-0.05, 0) is 18.8 Å². The normalized spacial score (nSPS) is 23.6. The van der Waals surface area contributed by atoms with Crippen LogP contribution in [0.4, 0.5) is 5.82 Å². The lowest BCUT2D eigenvalue weighted by Crippen LogP contribution is -2.39. The first-order valence-electron chi connectivity index (χ1n) is 5.64. The molecule has 7 nitrogen and oxygen atoms in total. The zero-order valence-corrected chi connectivity index (χ0v) is 9.26. The van der Waals surface area contributed by atoms with Crippen LogP contribution >= 0.6 is 0 Å². The van der Waals surface area contributed by atoms with Crippen molar-refractivity contribution in [3.8, 4) is 0 Å². The molecule has 7 heteroatoms. The zero-order valence-electron chi connectivity index (χ0n) is 9.26. The predicted molar refractivity (Wildman–Crippen MR) is 62.8 cm³/mol. The van der Waals surface area contributed by atoms with Crippen LogP contribution in [-0.4, -0.2) is 32.2 Å². The van der Waals surface area contributed by atoms with Gasteiger partial charge in [0.15, 0.2) is 5.65 Å². The maximum atomic E-state index is 11.2. The first-order chi connectivity index (χ1) is 8.22. The number of nitrogens with two attached hydrogens (primary N) is 1. The van der Waals surface area contributed by atoms with Gasteiger partial charge in [-0.2, -0.15) is 5.10 Å². The van der Waals surface area contributed by atoms with Crippen LogP contribution in [0.5, 0.6) is 0 Å². The third-order valence-electron chi connectivity index (χ3n) is 3.15. The van der Waals surface area contributed by atoms with Gasteiger partial charge in [0.25, 0.3) is 0 Å². The standard InChI is InChI=1S/C10H14N6O/c11-7-1-6(2-7)4-12-8-3-9-14-15-10(17)16(9)5-13-8/h3,5-7,12H,1-2,4,11H2,(H,15,17). The van der Waals surface area contributed by atoms with Crippen molar-refractivity contribution in [1.82, 2.24) is 19.6 Å². The quantitative estimate of drug-likeness (QED) is 0.668. The van der Waals surface area contributed by atoms with Gasteiger partial charge in [-0.1, -0.05) is 0 Å². The molecule has 0 spiro atoms. The molecule has 4 N–H and O–H groups in total. The van der Waals surface area contributed by atoms with E-state index in [0.717, 1.165) is 25.2 Å². The lowest BCUT2D eigenvalue weighted by atomic mass is 9.81. The molecule has 1 fully saturated rings. The minimum atomic E-state index is -0.274. The van der Waals surface area contributed by atoms with Crippen molar-refractivity contribution in [1.29, 1.82) is 0 Å². The highest BCUT2D eigenvalue weighted by Crippen LogP contribution is 2.25. The number of fused-ring (bicyclic) bond motifs is 1. The molecule has 2 aromatic heterocycles. The van der Waals surface area contributed by atoms with E-state index in [-0.39, 0.29) is 5.69 Å². The predicted octanol–water partition coefficient (Wildman–Crippen LogP) is -0.433. The Morgan fingerprint density at radius 1 is 1.59 bits per heavy atom. The Morgan fingerprint density at radius 2 is 2.41 bits per heavy atom. The number of hydrogen-bond acceptors (Lipinski definition) is 5. The molecule has 0 unspecified atom stereocenters. The van der Waals surface area contributed by atoms with Gasteiger partial charge in [0.2, 0.25) is 0 Å². The van der Waals surface area contributed by atoms with Crippen LogP contribution in [0.25, 0.3) is 5.65 Å². The molecule has 1 saturated carbocycles. The molecule has 1 aliphatic carbocycles. The summed E-state index contributed by atoms with van der Waals surface area (Å²) in [5.74, 6) is 1.36. The van der Waals surface area contributed by atoms with Gasteiger partial charge in [-0.15, -0.1) is 0 Å². The van der Waals surface area contributed by atoms with Crippen LogP contribution in [0.3, 0.4) is 0 Å². The third kappa shape index (κ3) is 1.89. The van der Waals surface area contributed by atoms with Gasteiger partial charge in [-0.25, -0.2) is 19.3 Å². The van der Waals surface area contributed by atoms with Gasteiger partial charge >= 0.3 is 5.69 Å². The average Bonchev–Trinajstić information content (AvgIpc) is 2.65. The summed E-state index contributed by atoms with van der Waals surface area (Å²) in [4.78, 5) is 15.4. The molecule has 2 aromatic rings. The highest BCUT2D eigenvalue weighted by molar-refractivity contribution is 5.48. The molecule has 1 aliphatic rings. The van der Waals surface area contributed by atoms with Crippen molar-refractivity contribution in [3.05, 3.63) is 22.9 Å². The smallest absolute Gasteiger partial charge is 0.348 e. The SMILES string of the molecule is NC1CC(CNc2cc3n[nH]c(=O)n3cn2)C1. The number of H-pyrrole nitrogens is 1. The number of anilines is 1. The molecule has 0 amide bonds. The summed E-state index contributed by atoms with van der Waals surface area (Å²) in [5, 5.41) is 9.48. The van der Waals surface area contributed by atoms with E-state index in [0.29, 0.717) is 17.6 Å². The van der Waals surface area contributed by atoms with E-state index in [1.165, 1.54) is 10.7 Å². The van der Waals surface area contributed by atoms with Gasteiger partial charge < -0.3 is 11.1 Å². The van der Waals surface area contributed by atoms with Crippen molar-refractivity contribution < 1.29 is 0 Å². The molecule has 0 radical (unpaired) electrons. The highest BCUT2D eigenvalue weighted by atomic mass is 16.1. The minimum absolute atomic E-state index is 0.274. The summed E-state index contributed by atoms with van der Waals surface area (Å²) >= 11 is 0. The van der Waals surface area contributed by atoms with E-state index < -0.39 is 0 Å². The van der Waals surface area contributed by atoms with Crippen molar-refractivity contribution in [2.24, 2.45) is 11.7 Å². The maximum absolute atomic E-state index is 11.2. The molecule has 2 heterocycles. The number of rotatable bonds is 3. The van der Waals surface area contributed by atoms with Crippen LogP contribution < -0.4 is 16.7 Å². The summed E-state index contributed by atoms with van der Waals surface area (Å²) < 4.78 is 1.37. The first-order valence-corrected chi connectivity index (χ1v) is 5.64. The fourth-order valence-corrected chi connectivity index (χ4v) is 2.11. The lowest BCUT2D eigenvalue weighted by Gasteiger charge is -2.32. The second kappa shape index (κ2) is 3.85. The molecule has 90 valence electrons. The Morgan fingerprint density at radius 3 is 3.18 bits per heavy atom. The second-order valence-electron chi connectivity index (χ2n) is 4.51. The van der Waals surface area contributed by atoms with E-state index in [2.05, 4.69) is 20.5 Å². The van der Waals surface area contributed by atoms with Crippen molar-refractivity contribution >= 4 is 11.5 Å². The van der Waals surface area contributed by atoms with E-state index in [1.54, 1.807) is 6.07 Å². The Hall–Kier alpha value is -1.89. The minimum Gasteiger partial charge on any atom is -0.370 e. The number of nitrogens with zero attached hydrogens (tertiary/aromatic N) is 3. The topological polar surface area (TPSA) is 101 Å². The van der Waals surface area contributed by atoms with Crippen molar-refractivity contribution in [2.75, 3.05) is 11.9 Å². The van der Waals surface area contributed by atoms with Crippen LogP contribution in [-0.2, 0) is 0 Å². The van der Waals surface area contributed by atoms with E-state index >= 15 is 0 Å². The molecular formula is C10H14N6O. The third-order valence-corrected chi connectivity index (χ3v) is 3.15. The van der Waals surface area contributed by atoms with Crippen molar-refractivity contribution in [2.45, 2.75) is 18.9 Å². The van der Waals surface area contributed by atoms with Gasteiger partial charge in [0, 0.05) is 18.7 Å². The number of nitrogens with one attached hydrogen (secondary N) is 2. The van der Waals surface area contributed by atoms with Crippen LogP contribution in [0.2, 0.25) is 0 Å². The molecule has 17 heavy (non-hydrogen) atoms. The van der Waals surface area contributed by atoms with Crippen molar-refractivity contribution in [3.63, 3.8) is 0 Å². The number of aromatic amines is 1. The van der Waals surface area contributed by atoms with Gasteiger partial charge in [-0.3, -0.25) is 0 Å². The molecule has 0 aliphatic heterocycles. The largest absolute Gasteiger partial charge is 0.370 e. The monoisotopic (exact) mass is 234 g/mol. The van der Waals surface area contributed by atoms with Crippen LogP contribution in [0.15, 0.2) is 17.2 Å². The molecule has 3 rings (SSSR count). The number of aromatic nitrogens is 4. The average molecular weight is 234 g/mol. The van der Waals surface area contributed by atoms with E-state index in [1.807, 2.05) is 0 Å².